The quantitative estimate of drug-likeness (QED) is 0.391. The molecule has 0 atom stereocenters. The van der Waals surface area contributed by atoms with E-state index in [4.69, 9.17) is 4.74 Å². The van der Waals surface area contributed by atoms with E-state index in [0.717, 1.165) is 11.3 Å². The van der Waals surface area contributed by atoms with Gasteiger partial charge in [-0.2, -0.15) is 0 Å². The first-order valence-electron chi connectivity index (χ1n) is 9.54. The van der Waals surface area contributed by atoms with Crippen LogP contribution in [0.3, 0.4) is 0 Å². The highest BCUT2D eigenvalue weighted by molar-refractivity contribution is 7.98. The second-order valence-electron chi connectivity index (χ2n) is 6.98. The number of aromatic nitrogens is 2. The minimum Gasteiger partial charge on any atom is -0.497 e. The first kappa shape index (κ1) is 21.8. The zero-order chi connectivity index (χ0) is 21.7. The van der Waals surface area contributed by atoms with E-state index in [0.29, 0.717) is 17.4 Å². The van der Waals surface area contributed by atoms with Crippen LogP contribution in [0.2, 0.25) is 0 Å². The highest BCUT2D eigenvalue weighted by Gasteiger charge is 2.25. The summed E-state index contributed by atoms with van der Waals surface area (Å²) in [7, 11) is 1.61. The Balaban J connectivity index is 2.04. The molecule has 0 bridgehead atoms. The summed E-state index contributed by atoms with van der Waals surface area (Å²) < 4.78 is 19.8. The number of carbonyl (C=O) groups is 1. The minimum atomic E-state index is -0.429. The summed E-state index contributed by atoms with van der Waals surface area (Å²) in [5, 5.41) is 0.480. The molecule has 0 saturated heterocycles. The summed E-state index contributed by atoms with van der Waals surface area (Å²) in [6, 6.07) is 13.8. The van der Waals surface area contributed by atoms with Crippen molar-refractivity contribution in [1.29, 1.82) is 0 Å². The maximum absolute atomic E-state index is 14.5. The van der Waals surface area contributed by atoms with Crippen LogP contribution in [0.1, 0.15) is 29.8 Å². The van der Waals surface area contributed by atoms with Crippen molar-refractivity contribution in [1.82, 2.24) is 14.9 Å². The first-order chi connectivity index (χ1) is 14.4. The Morgan fingerprint density at radius 1 is 1.20 bits per heavy atom. The number of benzene rings is 2. The Morgan fingerprint density at radius 3 is 2.63 bits per heavy atom. The molecule has 2 aromatic carbocycles. The Kier molecular flexibility index (Phi) is 7.05. The number of hydrogen-bond donors (Lipinski definition) is 0. The number of thioether (sulfide) groups is 1. The van der Waals surface area contributed by atoms with Gasteiger partial charge in [0.1, 0.15) is 11.6 Å². The molecule has 1 amide bonds. The van der Waals surface area contributed by atoms with Crippen LogP contribution in [-0.4, -0.2) is 40.2 Å². The van der Waals surface area contributed by atoms with Crippen LogP contribution >= 0.6 is 11.8 Å². The van der Waals surface area contributed by atoms with Gasteiger partial charge in [0.05, 0.1) is 18.4 Å². The Labute approximate surface area is 180 Å². The van der Waals surface area contributed by atoms with Gasteiger partial charge in [0.15, 0.2) is 5.16 Å². The fraction of sp³-hybridized carbons (Fsp3) is 0.261. The van der Waals surface area contributed by atoms with Crippen molar-refractivity contribution in [3.63, 3.8) is 0 Å². The van der Waals surface area contributed by atoms with Crippen LogP contribution in [0.15, 0.2) is 59.9 Å². The fourth-order valence-electron chi connectivity index (χ4n) is 3.09. The summed E-state index contributed by atoms with van der Waals surface area (Å²) in [6.07, 6.45) is 3.33. The van der Waals surface area contributed by atoms with Crippen LogP contribution in [0.5, 0.6) is 5.75 Å². The number of rotatable bonds is 7. The average Bonchev–Trinajstić information content (AvgIpc) is 2.77. The molecule has 0 unspecified atom stereocenters. The first-order valence-corrected chi connectivity index (χ1v) is 10.8. The van der Waals surface area contributed by atoms with Crippen molar-refractivity contribution in [2.75, 3.05) is 13.4 Å². The second kappa shape index (κ2) is 9.71. The van der Waals surface area contributed by atoms with Crippen LogP contribution in [0.25, 0.3) is 11.3 Å². The molecule has 0 spiro atoms. The zero-order valence-electron chi connectivity index (χ0n) is 17.4. The lowest BCUT2D eigenvalue weighted by molar-refractivity contribution is 0.0690. The van der Waals surface area contributed by atoms with Crippen molar-refractivity contribution in [3.05, 3.63) is 71.7 Å². The van der Waals surface area contributed by atoms with E-state index in [-0.39, 0.29) is 23.1 Å². The molecule has 0 aliphatic heterocycles. The van der Waals surface area contributed by atoms with Gasteiger partial charge in [-0.15, -0.1) is 0 Å². The molecule has 0 fully saturated rings. The predicted octanol–water partition coefficient (Wildman–Crippen LogP) is 5.06. The molecular weight excluding hydrogens is 401 g/mol. The number of carbonyl (C=O) groups excluding carboxylic acids is 1. The van der Waals surface area contributed by atoms with E-state index < -0.39 is 5.82 Å². The third-order valence-electron chi connectivity index (χ3n) is 4.68. The third-order valence-corrected chi connectivity index (χ3v) is 5.24. The molecule has 3 aromatic rings. The number of methoxy groups -OCH3 is 1. The van der Waals surface area contributed by atoms with Crippen molar-refractivity contribution < 1.29 is 13.9 Å². The Morgan fingerprint density at radius 2 is 1.97 bits per heavy atom. The van der Waals surface area contributed by atoms with Gasteiger partial charge in [0.2, 0.25) is 0 Å². The van der Waals surface area contributed by atoms with Crippen LogP contribution in [-0.2, 0) is 6.54 Å². The Hall–Kier alpha value is -2.93. The van der Waals surface area contributed by atoms with Crippen LogP contribution in [0, 0.1) is 5.82 Å². The van der Waals surface area contributed by atoms with Gasteiger partial charge in [-0.25, -0.2) is 14.4 Å². The van der Waals surface area contributed by atoms with Gasteiger partial charge in [0.25, 0.3) is 5.91 Å². The number of amides is 1. The average molecular weight is 426 g/mol. The lowest BCUT2D eigenvalue weighted by Crippen LogP contribution is -2.37. The van der Waals surface area contributed by atoms with Gasteiger partial charge in [-0.3, -0.25) is 4.79 Å². The molecule has 7 heteroatoms. The van der Waals surface area contributed by atoms with E-state index in [1.165, 1.54) is 24.0 Å². The van der Waals surface area contributed by atoms with Crippen molar-refractivity contribution >= 4 is 17.7 Å². The smallest absolute Gasteiger partial charge is 0.258 e. The van der Waals surface area contributed by atoms with E-state index in [9.17, 15) is 9.18 Å². The monoisotopic (exact) mass is 425 g/mol. The number of hydrogen-bond acceptors (Lipinski definition) is 5. The highest BCUT2D eigenvalue weighted by Crippen LogP contribution is 2.28. The van der Waals surface area contributed by atoms with Gasteiger partial charge >= 0.3 is 0 Å². The number of halogens is 1. The van der Waals surface area contributed by atoms with Gasteiger partial charge < -0.3 is 9.64 Å². The van der Waals surface area contributed by atoms with Gasteiger partial charge in [-0.1, -0.05) is 36.0 Å². The third kappa shape index (κ3) is 4.79. The van der Waals surface area contributed by atoms with Gasteiger partial charge in [0, 0.05) is 24.3 Å². The predicted molar refractivity (Wildman–Crippen MR) is 117 cm³/mol. The topological polar surface area (TPSA) is 55.3 Å². The number of nitrogens with zero attached hydrogens (tertiary/aromatic N) is 3. The van der Waals surface area contributed by atoms with Crippen LogP contribution in [0.4, 0.5) is 4.39 Å². The van der Waals surface area contributed by atoms with E-state index >= 15 is 0 Å². The van der Waals surface area contributed by atoms with Crippen molar-refractivity contribution in [2.24, 2.45) is 0 Å². The summed E-state index contributed by atoms with van der Waals surface area (Å²) in [6.45, 7) is 4.27. The van der Waals surface area contributed by atoms with Crippen molar-refractivity contribution in [3.8, 4) is 17.0 Å². The zero-order valence-corrected chi connectivity index (χ0v) is 18.2. The fourth-order valence-corrected chi connectivity index (χ4v) is 3.43. The number of ether oxygens (including phenoxy) is 1. The largest absolute Gasteiger partial charge is 0.497 e. The molecule has 0 aliphatic rings. The molecule has 156 valence electrons. The molecule has 5 nitrogen and oxygen atoms in total. The lowest BCUT2D eigenvalue weighted by Gasteiger charge is -2.28. The lowest BCUT2D eigenvalue weighted by atomic mass is 10.0. The standard InChI is InChI=1S/C23H24FN3O2S/c1-15(2)27(14-16-8-7-9-17(12-16)29-3)22(28)19-13-25-23(30-4)26-21(19)18-10-5-6-11-20(18)24/h5-13,15H,14H2,1-4H3. The molecule has 0 saturated carbocycles. The summed E-state index contributed by atoms with van der Waals surface area (Å²) in [4.78, 5) is 24.0. The molecular formula is C23H24FN3O2S. The molecule has 30 heavy (non-hydrogen) atoms. The maximum atomic E-state index is 14.5. The summed E-state index contributed by atoms with van der Waals surface area (Å²) in [5.41, 5.74) is 1.79. The maximum Gasteiger partial charge on any atom is 0.258 e. The molecule has 3 rings (SSSR count). The van der Waals surface area contributed by atoms with Crippen molar-refractivity contribution in [2.45, 2.75) is 31.6 Å². The molecule has 0 radical (unpaired) electrons. The Bertz CT molecular complexity index is 1040. The van der Waals surface area contributed by atoms with E-state index in [1.807, 2.05) is 44.4 Å². The normalized spacial score (nSPS) is 10.9. The second-order valence-corrected chi connectivity index (χ2v) is 7.75. The SMILES string of the molecule is COc1cccc(CN(C(=O)c2cnc(SC)nc2-c2ccccc2F)C(C)C)c1. The molecule has 1 heterocycles. The highest BCUT2D eigenvalue weighted by atomic mass is 32.2. The summed E-state index contributed by atoms with van der Waals surface area (Å²) >= 11 is 1.34. The molecule has 0 N–H and O–H groups in total. The minimum absolute atomic E-state index is 0.0857. The van der Waals surface area contributed by atoms with Crippen LogP contribution < -0.4 is 4.74 Å². The molecule has 1 aromatic heterocycles. The van der Waals surface area contributed by atoms with E-state index in [1.54, 1.807) is 30.2 Å². The molecule has 0 aliphatic carbocycles. The summed E-state index contributed by atoms with van der Waals surface area (Å²) in [5.74, 6) is 0.0447. The van der Waals surface area contributed by atoms with E-state index in [2.05, 4.69) is 9.97 Å². The van der Waals surface area contributed by atoms with Gasteiger partial charge in [-0.05, 0) is 49.9 Å².